The zero-order valence-corrected chi connectivity index (χ0v) is 39.8. The van der Waals surface area contributed by atoms with Crippen molar-refractivity contribution in [1.29, 1.82) is 0 Å². The molecular weight excluding hydrogens is 918 g/mol. The summed E-state index contributed by atoms with van der Waals surface area (Å²) < 4.78 is 96.9. The van der Waals surface area contributed by atoms with Crippen molar-refractivity contribution in [2.24, 2.45) is 0 Å². The second-order valence-electron chi connectivity index (χ2n) is 12.3. The van der Waals surface area contributed by atoms with E-state index in [0.717, 1.165) is 0 Å². The maximum atomic E-state index is 6.13. The molecule has 0 aromatic rings. The van der Waals surface area contributed by atoms with Crippen molar-refractivity contribution in [2.45, 2.75) is 18.3 Å². The van der Waals surface area contributed by atoms with E-state index in [4.69, 9.17) is 139 Å². The third-order valence-electron chi connectivity index (χ3n) is 7.28. The second-order valence-corrected chi connectivity index (χ2v) is 14.2. The Labute approximate surface area is 389 Å². The van der Waals surface area contributed by atoms with Crippen LogP contribution >= 0.6 is 58.0 Å². The molecule has 0 aliphatic heterocycles. The fourth-order valence-corrected chi connectivity index (χ4v) is 5.01. The molecule has 0 saturated heterocycles. The molecule has 22 heteroatoms. The van der Waals surface area contributed by atoms with Gasteiger partial charge in [-0.05, 0) is 0 Å². The lowest BCUT2D eigenvalue weighted by Crippen LogP contribution is -2.34. The van der Waals surface area contributed by atoms with Gasteiger partial charge in [-0.25, -0.2) is 0 Å². The minimum absolute atomic E-state index is 0.214. The van der Waals surface area contributed by atoms with Gasteiger partial charge in [0.25, 0.3) is 0 Å². The van der Waals surface area contributed by atoms with E-state index in [2.05, 4.69) is 0 Å². The van der Waals surface area contributed by atoms with Crippen LogP contribution in [0.2, 0.25) is 0 Å². The summed E-state index contributed by atoms with van der Waals surface area (Å²) in [5.74, 6) is 2.19. The average Bonchev–Trinajstić information content (AvgIpc) is 3.27. The number of ether oxygens (including phenoxy) is 17. The Morgan fingerprint density at radius 1 is 0.180 bits per heavy atom. The molecule has 0 aromatic heterocycles. The molecule has 0 aliphatic rings. The minimum Gasteiger partial charge on any atom is -0.378 e. The molecule has 0 rings (SSSR count). The van der Waals surface area contributed by atoms with Crippen LogP contribution in [0.25, 0.3) is 0 Å². The Balaban J connectivity index is 5.16. The van der Waals surface area contributed by atoms with Crippen molar-refractivity contribution in [1.82, 2.24) is 0 Å². The van der Waals surface area contributed by atoms with Crippen LogP contribution in [0.4, 0.5) is 0 Å². The average molecular weight is 993 g/mol. The first-order valence-corrected chi connectivity index (χ1v) is 23.6. The quantitative estimate of drug-likeness (QED) is 0.0644. The first-order chi connectivity index (χ1) is 30.2. The topological polar surface area (TPSA) is 157 Å². The number of rotatable bonds is 55. The van der Waals surface area contributed by atoms with Gasteiger partial charge >= 0.3 is 0 Å². The molecule has 0 saturated carbocycles. The predicted octanol–water partition coefficient (Wildman–Crippen LogP) is 3.57. The fourth-order valence-electron chi connectivity index (χ4n) is 4.46. The van der Waals surface area contributed by atoms with E-state index >= 15 is 0 Å². The van der Waals surface area contributed by atoms with Gasteiger partial charge in [0, 0.05) is 29.4 Å². The van der Waals surface area contributed by atoms with E-state index in [1.54, 1.807) is 0 Å². The molecule has 2 unspecified atom stereocenters. The molecule has 0 spiro atoms. The van der Waals surface area contributed by atoms with E-state index in [1.165, 1.54) is 0 Å². The van der Waals surface area contributed by atoms with Crippen LogP contribution in [0.5, 0.6) is 0 Å². The zero-order chi connectivity index (χ0) is 44.2. The Morgan fingerprint density at radius 2 is 0.344 bits per heavy atom. The maximum Gasteiger partial charge on any atom is 0.104 e. The molecule has 0 aromatic carbocycles. The lowest BCUT2D eigenvalue weighted by Gasteiger charge is -2.23. The lowest BCUT2D eigenvalue weighted by atomic mass is 10.3. The number of hydrogen-bond donors (Lipinski definition) is 0. The molecule has 17 nitrogen and oxygen atoms in total. The highest BCUT2D eigenvalue weighted by atomic mass is 35.5. The normalized spacial score (nSPS) is 13.3. The summed E-state index contributed by atoms with van der Waals surface area (Å²) >= 11 is 28.2. The SMILES string of the molecule is ClCCOCCOCCOCC(COCC(COCC(COCCOCCOCCCl)OCCOCCOCCCl)OCCOCCOCCCl)OCCOCCOCCCl. The first kappa shape index (κ1) is 61.8. The summed E-state index contributed by atoms with van der Waals surface area (Å²) in [6.07, 6.45) is -1.20. The monoisotopic (exact) mass is 990 g/mol. The standard InChI is InChI=1S/C39H75Cl5O17/c40-1-6-45-11-16-50-21-23-55-31-37(59-28-25-52-18-13-47-8-3-42)33-57-35-39(61-30-27-54-20-15-49-10-5-44)36-58-34-38(60-29-26-53-19-14-48-9-4-43)32-56-24-22-51-17-12-46-7-2-41/h37-39H,1-36H2. The number of hydrogen-bond acceptors (Lipinski definition) is 17. The predicted molar refractivity (Wildman–Crippen MR) is 234 cm³/mol. The van der Waals surface area contributed by atoms with Crippen molar-refractivity contribution in [3.05, 3.63) is 0 Å². The zero-order valence-electron chi connectivity index (χ0n) is 36.0. The Kier molecular flexibility index (Phi) is 55.8. The van der Waals surface area contributed by atoms with Crippen LogP contribution in [0.1, 0.15) is 0 Å². The van der Waals surface area contributed by atoms with Gasteiger partial charge in [0.15, 0.2) is 0 Å². The van der Waals surface area contributed by atoms with Crippen molar-refractivity contribution >= 4 is 58.0 Å². The Bertz CT molecular complexity index is 761. The van der Waals surface area contributed by atoms with Gasteiger partial charge in [-0.3, -0.25) is 0 Å². The van der Waals surface area contributed by atoms with E-state index in [9.17, 15) is 0 Å². The van der Waals surface area contributed by atoms with Gasteiger partial charge in [-0.2, -0.15) is 0 Å². The molecule has 0 bridgehead atoms. The van der Waals surface area contributed by atoms with E-state index in [-0.39, 0.29) is 51.8 Å². The van der Waals surface area contributed by atoms with E-state index in [1.807, 2.05) is 0 Å². The minimum atomic E-state index is -0.435. The van der Waals surface area contributed by atoms with Crippen molar-refractivity contribution in [3.8, 4) is 0 Å². The number of alkyl halides is 5. The highest BCUT2D eigenvalue weighted by Gasteiger charge is 2.17. The Hall–Kier alpha value is 0.770. The molecule has 0 aliphatic carbocycles. The molecular formula is C39H75Cl5O17. The second kappa shape index (κ2) is 55.1. The van der Waals surface area contributed by atoms with Gasteiger partial charge in [0.2, 0.25) is 0 Å². The van der Waals surface area contributed by atoms with Crippen molar-refractivity contribution in [2.75, 3.05) is 234 Å². The van der Waals surface area contributed by atoms with Crippen molar-refractivity contribution in [3.63, 3.8) is 0 Å². The van der Waals surface area contributed by atoms with Crippen LogP contribution < -0.4 is 0 Å². The first-order valence-electron chi connectivity index (χ1n) is 20.9. The van der Waals surface area contributed by atoms with E-state index in [0.29, 0.717) is 195 Å². The van der Waals surface area contributed by atoms with Gasteiger partial charge in [0.1, 0.15) is 18.3 Å². The highest BCUT2D eigenvalue weighted by molar-refractivity contribution is 6.18. The van der Waals surface area contributed by atoms with Crippen LogP contribution in [0.3, 0.4) is 0 Å². The summed E-state index contributed by atoms with van der Waals surface area (Å²) in [7, 11) is 0. The molecule has 2 atom stereocenters. The summed E-state index contributed by atoms with van der Waals surface area (Å²) in [6, 6.07) is 0. The largest absolute Gasteiger partial charge is 0.378 e. The summed E-state index contributed by atoms with van der Waals surface area (Å²) in [5, 5.41) is 0. The Morgan fingerprint density at radius 3 is 0.557 bits per heavy atom. The molecule has 0 heterocycles. The van der Waals surface area contributed by atoms with Crippen LogP contribution in [-0.2, 0) is 80.5 Å². The van der Waals surface area contributed by atoms with E-state index < -0.39 is 6.10 Å². The third-order valence-corrected chi connectivity index (χ3v) is 8.05. The van der Waals surface area contributed by atoms with Gasteiger partial charge in [0.05, 0.1) is 205 Å². The van der Waals surface area contributed by atoms with Gasteiger partial charge in [-0.1, -0.05) is 0 Å². The summed E-state index contributed by atoms with van der Waals surface area (Å²) in [4.78, 5) is 0. The maximum absolute atomic E-state index is 6.13. The fraction of sp³-hybridized carbons (Fsp3) is 1.00. The van der Waals surface area contributed by atoms with Crippen LogP contribution in [0.15, 0.2) is 0 Å². The third kappa shape index (κ3) is 50.0. The molecule has 61 heavy (non-hydrogen) atoms. The number of halogens is 5. The van der Waals surface area contributed by atoms with Crippen LogP contribution in [0, 0.1) is 0 Å². The van der Waals surface area contributed by atoms with Gasteiger partial charge in [-0.15, -0.1) is 58.0 Å². The molecule has 368 valence electrons. The highest BCUT2D eigenvalue weighted by Crippen LogP contribution is 2.04. The molecule has 0 fully saturated rings. The van der Waals surface area contributed by atoms with Crippen LogP contribution in [-0.4, -0.2) is 253 Å². The smallest absolute Gasteiger partial charge is 0.104 e. The lowest BCUT2D eigenvalue weighted by molar-refractivity contribution is -0.120. The molecule has 0 N–H and O–H groups in total. The molecule has 0 amide bonds. The van der Waals surface area contributed by atoms with Gasteiger partial charge < -0.3 is 80.5 Å². The molecule has 0 radical (unpaired) electrons. The summed E-state index contributed by atoms with van der Waals surface area (Å²) in [6.45, 7) is 12.0. The summed E-state index contributed by atoms with van der Waals surface area (Å²) in [5.41, 5.74) is 0. The van der Waals surface area contributed by atoms with Crippen molar-refractivity contribution < 1.29 is 80.5 Å².